The van der Waals surface area contributed by atoms with Gasteiger partial charge in [-0.2, -0.15) is 0 Å². The van der Waals surface area contributed by atoms with Crippen LogP contribution in [0.25, 0.3) is 0 Å². The smallest absolute Gasteiger partial charge is 0.191 e. The van der Waals surface area contributed by atoms with Gasteiger partial charge in [0.1, 0.15) is 0 Å². The van der Waals surface area contributed by atoms with Gasteiger partial charge in [-0.25, -0.2) is 0 Å². The van der Waals surface area contributed by atoms with Gasteiger partial charge in [-0.3, -0.25) is 9.89 Å². The normalized spacial score (nSPS) is 26.4. The number of halogens is 1. The zero-order chi connectivity index (χ0) is 17.0. The summed E-state index contributed by atoms with van der Waals surface area (Å²) in [6, 6.07) is 4.89. The van der Waals surface area contributed by atoms with E-state index in [2.05, 4.69) is 45.1 Å². The second-order valence-electron chi connectivity index (χ2n) is 7.23. The highest BCUT2D eigenvalue weighted by Crippen LogP contribution is 2.36. The lowest BCUT2D eigenvalue weighted by atomic mass is 9.80. The Bertz CT molecular complexity index is 547. The van der Waals surface area contributed by atoms with Crippen LogP contribution in [0.4, 0.5) is 0 Å². The molecule has 3 rings (SSSR count). The molecule has 1 aliphatic carbocycles. The van der Waals surface area contributed by atoms with Gasteiger partial charge < -0.3 is 15.7 Å². The summed E-state index contributed by atoms with van der Waals surface area (Å²) >= 11 is 1.85. The maximum atomic E-state index is 10.2. The summed E-state index contributed by atoms with van der Waals surface area (Å²) in [5.74, 6) is 1.38. The number of likely N-dealkylation sites (tertiary alicyclic amines) is 1. The minimum absolute atomic E-state index is 0. The number of nitrogens with zero attached hydrogens (tertiary/aromatic N) is 2. The largest absolute Gasteiger partial charge is 0.388 e. The quantitative estimate of drug-likeness (QED) is 0.346. The molecule has 1 aromatic rings. The van der Waals surface area contributed by atoms with Crippen LogP contribution in [0.3, 0.4) is 0 Å². The van der Waals surface area contributed by atoms with E-state index < -0.39 is 5.60 Å². The van der Waals surface area contributed by atoms with Crippen molar-refractivity contribution in [3.8, 4) is 0 Å². The molecule has 0 aromatic carbocycles. The number of aliphatic hydroxyl groups is 1. The summed E-state index contributed by atoms with van der Waals surface area (Å²) in [4.78, 5) is 8.25. The van der Waals surface area contributed by atoms with Crippen molar-refractivity contribution < 1.29 is 5.11 Å². The maximum absolute atomic E-state index is 10.2. The lowest BCUT2D eigenvalue weighted by Crippen LogP contribution is -2.51. The van der Waals surface area contributed by atoms with E-state index in [0.29, 0.717) is 18.5 Å². The van der Waals surface area contributed by atoms with E-state index in [-0.39, 0.29) is 24.0 Å². The van der Waals surface area contributed by atoms with Gasteiger partial charge in [-0.15, -0.1) is 35.3 Å². The van der Waals surface area contributed by atoms with Gasteiger partial charge in [-0.1, -0.05) is 6.07 Å². The van der Waals surface area contributed by atoms with Gasteiger partial charge in [0.15, 0.2) is 5.96 Å². The van der Waals surface area contributed by atoms with Crippen LogP contribution in [0.2, 0.25) is 0 Å². The van der Waals surface area contributed by atoms with Crippen LogP contribution in [-0.2, 0) is 0 Å². The molecule has 0 bridgehead atoms. The summed E-state index contributed by atoms with van der Waals surface area (Å²) in [6.07, 6.45) is 5.40. The lowest BCUT2D eigenvalue weighted by Gasteiger charge is -2.39. The van der Waals surface area contributed by atoms with Gasteiger partial charge in [0, 0.05) is 31.1 Å². The van der Waals surface area contributed by atoms with Crippen molar-refractivity contribution in [2.24, 2.45) is 10.9 Å². The number of guanidine groups is 1. The molecule has 25 heavy (non-hydrogen) atoms. The molecule has 3 N–H and O–H groups in total. The average Bonchev–Trinajstić information content (AvgIpc) is 3.07. The fraction of sp³-hybridized carbons (Fsp3) is 0.722. The lowest BCUT2D eigenvalue weighted by molar-refractivity contribution is -0.0279. The maximum Gasteiger partial charge on any atom is 0.191 e. The molecule has 7 heteroatoms. The Kier molecular flexibility index (Phi) is 7.97. The molecule has 5 nitrogen and oxygen atoms in total. The van der Waals surface area contributed by atoms with Crippen LogP contribution in [0, 0.1) is 5.92 Å². The molecule has 2 unspecified atom stereocenters. The van der Waals surface area contributed by atoms with Gasteiger partial charge in [0.25, 0.3) is 0 Å². The fourth-order valence-corrected chi connectivity index (χ4v) is 4.82. The van der Waals surface area contributed by atoms with Crippen LogP contribution in [0.1, 0.15) is 43.0 Å². The van der Waals surface area contributed by atoms with E-state index in [0.717, 1.165) is 31.8 Å². The number of hydrogen-bond acceptors (Lipinski definition) is 4. The number of thiophene rings is 1. The van der Waals surface area contributed by atoms with E-state index in [9.17, 15) is 5.11 Å². The fourth-order valence-electron chi connectivity index (χ4n) is 3.84. The first-order valence-corrected chi connectivity index (χ1v) is 9.90. The molecule has 1 aliphatic heterocycles. The highest BCUT2D eigenvalue weighted by atomic mass is 127. The Hall–Kier alpha value is -0.380. The molecule has 0 radical (unpaired) electrons. The number of aliphatic imine (C=N–C) groups is 1. The van der Waals surface area contributed by atoms with E-state index in [1.54, 1.807) is 7.05 Å². The van der Waals surface area contributed by atoms with E-state index >= 15 is 0 Å². The van der Waals surface area contributed by atoms with Crippen LogP contribution >= 0.6 is 35.3 Å². The van der Waals surface area contributed by atoms with Crippen molar-refractivity contribution in [2.75, 3.05) is 33.7 Å². The Morgan fingerprint density at radius 1 is 1.40 bits per heavy atom. The average molecular weight is 478 g/mol. The molecule has 142 valence electrons. The molecule has 0 amide bonds. The second kappa shape index (κ2) is 9.53. The number of rotatable bonds is 5. The third-order valence-electron chi connectivity index (χ3n) is 5.47. The Labute approximate surface area is 172 Å². The SMILES string of the molecule is CN=C(NCC1CCCN(C)C1c1cccs1)NCC1(O)CCC1.I. The topological polar surface area (TPSA) is 59.9 Å². The molecule has 1 saturated heterocycles. The van der Waals surface area contributed by atoms with Crippen LogP contribution in [-0.4, -0.2) is 55.3 Å². The first kappa shape index (κ1) is 20.9. The molecule has 2 atom stereocenters. The highest BCUT2D eigenvalue weighted by molar-refractivity contribution is 14.0. The molecule has 0 spiro atoms. The third-order valence-corrected chi connectivity index (χ3v) is 6.41. The van der Waals surface area contributed by atoms with E-state index in [1.807, 2.05) is 11.3 Å². The number of piperidine rings is 1. The summed E-state index contributed by atoms with van der Waals surface area (Å²) in [5.41, 5.74) is -0.526. The molecular formula is C18H31IN4OS. The molecule has 2 aliphatic rings. The summed E-state index contributed by atoms with van der Waals surface area (Å²) in [5, 5.41) is 19.2. The Morgan fingerprint density at radius 3 is 2.80 bits per heavy atom. The monoisotopic (exact) mass is 478 g/mol. The van der Waals surface area contributed by atoms with Crippen molar-refractivity contribution in [1.82, 2.24) is 15.5 Å². The Morgan fingerprint density at radius 2 is 2.20 bits per heavy atom. The van der Waals surface area contributed by atoms with Crippen LogP contribution in [0.15, 0.2) is 22.5 Å². The molecule has 2 fully saturated rings. The van der Waals surface area contributed by atoms with Crippen molar-refractivity contribution in [2.45, 2.75) is 43.7 Å². The molecular weight excluding hydrogens is 447 g/mol. The van der Waals surface area contributed by atoms with Gasteiger partial charge in [0.2, 0.25) is 0 Å². The molecule has 1 aromatic heterocycles. The third kappa shape index (κ3) is 5.30. The van der Waals surface area contributed by atoms with Crippen LogP contribution < -0.4 is 10.6 Å². The summed E-state index contributed by atoms with van der Waals surface area (Å²) in [7, 11) is 4.03. The van der Waals surface area contributed by atoms with Crippen molar-refractivity contribution in [3.05, 3.63) is 22.4 Å². The summed E-state index contributed by atoms with van der Waals surface area (Å²) in [6.45, 7) is 2.66. The zero-order valence-corrected chi connectivity index (χ0v) is 18.3. The van der Waals surface area contributed by atoms with Gasteiger partial charge >= 0.3 is 0 Å². The first-order chi connectivity index (χ1) is 11.6. The van der Waals surface area contributed by atoms with Crippen molar-refractivity contribution >= 4 is 41.3 Å². The predicted octanol–water partition coefficient (Wildman–Crippen LogP) is 2.83. The minimum Gasteiger partial charge on any atom is -0.388 e. The molecule has 2 heterocycles. The minimum atomic E-state index is -0.526. The van der Waals surface area contributed by atoms with E-state index in [4.69, 9.17) is 0 Å². The highest BCUT2D eigenvalue weighted by Gasteiger charge is 2.34. The first-order valence-electron chi connectivity index (χ1n) is 9.02. The summed E-state index contributed by atoms with van der Waals surface area (Å²) < 4.78 is 0. The number of nitrogens with one attached hydrogen (secondary N) is 2. The Balaban J connectivity index is 0.00000225. The van der Waals surface area contributed by atoms with E-state index in [1.165, 1.54) is 24.3 Å². The van der Waals surface area contributed by atoms with Gasteiger partial charge in [0.05, 0.1) is 5.60 Å². The standard InChI is InChI=1S/C18H30N4OS.HI/c1-19-17(21-13-18(23)8-5-9-18)20-12-14-6-3-10-22(2)16(14)15-7-4-11-24-15;/h4,7,11,14,16,23H,3,5-6,8-10,12-13H2,1-2H3,(H2,19,20,21);1H. The molecule has 1 saturated carbocycles. The van der Waals surface area contributed by atoms with Crippen molar-refractivity contribution in [3.63, 3.8) is 0 Å². The number of hydrogen-bond donors (Lipinski definition) is 3. The van der Waals surface area contributed by atoms with Crippen molar-refractivity contribution in [1.29, 1.82) is 0 Å². The second-order valence-corrected chi connectivity index (χ2v) is 8.21. The predicted molar refractivity (Wildman–Crippen MR) is 116 cm³/mol. The van der Waals surface area contributed by atoms with Crippen LogP contribution in [0.5, 0.6) is 0 Å². The zero-order valence-electron chi connectivity index (χ0n) is 15.2. The van der Waals surface area contributed by atoms with Gasteiger partial charge in [-0.05, 0) is 63.1 Å².